The highest BCUT2D eigenvalue weighted by Crippen LogP contribution is 2.36. The van der Waals surface area contributed by atoms with E-state index in [-0.39, 0.29) is 27.1 Å². The van der Waals surface area contributed by atoms with Crippen LogP contribution in [0.1, 0.15) is 37.0 Å². The number of halogens is 4. The van der Waals surface area contributed by atoms with Crippen LogP contribution in [-0.2, 0) is 16.0 Å². The third-order valence-corrected chi connectivity index (χ3v) is 4.03. The Morgan fingerprint density at radius 2 is 1.90 bits per heavy atom. The van der Waals surface area contributed by atoms with E-state index in [0.29, 0.717) is 0 Å². The monoisotopic (exact) mass is 473 g/mol. The van der Waals surface area contributed by atoms with Gasteiger partial charge in [0.1, 0.15) is 5.75 Å². The largest absolute Gasteiger partial charge is 0.481 e. The van der Waals surface area contributed by atoms with E-state index in [9.17, 15) is 18.0 Å². The minimum Gasteiger partial charge on any atom is -0.481 e. The zero-order chi connectivity index (χ0) is 22.0. The molecule has 9 heteroatoms. The summed E-state index contributed by atoms with van der Waals surface area (Å²) in [6.07, 6.45) is -3.39. The fourth-order valence-corrected chi connectivity index (χ4v) is 2.55. The summed E-state index contributed by atoms with van der Waals surface area (Å²) in [6, 6.07) is 7.55. The number of hydrogen-bond donors (Lipinski definition) is 1. The Labute approximate surface area is 174 Å². The first-order valence-corrected chi connectivity index (χ1v) is 9.30. The van der Waals surface area contributed by atoms with Crippen LogP contribution in [-0.4, -0.2) is 24.3 Å². The third kappa shape index (κ3) is 7.75. The van der Waals surface area contributed by atoms with Crippen molar-refractivity contribution in [3.63, 3.8) is 0 Å². The molecule has 0 aliphatic carbocycles. The van der Waals surface area contributed by atoms with Crippen LogP contribution in [0.3, 0.4) is 0 Å². The van der Waals surface area contributed by atoms with Gasteiger partial charge in [-0.15, -0.1) is 0 Å². The maximum atomic E-state index is 14.4. The molecule has 2 aromatic carbocycles. The maximum absolute atomic E-state index is 14.4. The number of aliphatic carboxylic acids is 1. The molecular weight excluding hydrogens is 455 g/mol. The van der Waals surface area contributed by atoms with Crippen LogP contribution in [0.4, 0.5) is 13.2 Å². The molecule has 0 saturated heterocycles. The van der Waals surface area contributed by atoms with Crippen molar-refractivity contribution in [2.45, 2.75) is 26.7 Å². The van der Waals surface area contributed by atoms with Gasteiger partial charge in [0.25, 0.3) is 6.43 Å². The fourth-order valence-electron chi connectivity index (χ4n) is 2.16. The molecule has 0 aromatic heterocycles. The van der Waals surface area contributed by atoms with E-state index in [2.05, 4.69) is 15.9 Å². The fraction of sp³-hybridized carbons (Fsp3) is 0.300. The third-order valence-electron chi connectivity index (χ3n) is 3.41. The Bertz CT molecular complexity index is 883. The van der Waals surface area contributed by atoms with E-state index in [1.807, 2.05) is 13.8 Å². The molecule has 0 atom stereocenters. The number of nitrogens with zero attached hydrogens (tertiary/aromatic N) is 1. The Kier molecular flexibility index (Phi) is 10.2. The summed E-state index contributed by atoms with van der Waals surface area (Å²) in [4.78, 5) is 10.7. The summed E-state index contributed by atoms with van der Waals surface area (Å²) in [5.74, 6) is -2.65. The van der Waals surface area contributed by atoms with Gasteiger partial charge in [-0.25, -0.2) is 13.2 Å². The number of ether oxygens (including phenoxy) is 2. The molecule has 5 nitrogen and oxygen atoms in total. The van der Waals surface area contributed by atoms with Crippen molar-refractivity contribution in [1.29, 1.82) is 5.26 Å². The summed E-state index contributed by atoms with van der Waals surface area (Å²) in [5, 5.41) is 17.7. The van der Waals surface area contributed by atoms with Gasteiger partial charge in [0.2, 0.25) is 0 Å². The van der Waals surface area contributed by atoms with E-state index in [1.54, 1.807) is 6.07 Å². The molecule has 0 aliphatic rings. The highest BCUT2D eigenvalue weighted by atomic mass is 79.9. The second-order valence-electron chi connectivity index (χ2n) is 5.51. The average molecular weight is 474 g/mol. The van der Waals surface area contributed by atoms with Crippen molar-refractivity contribution in [3.8, 4) is 17.6 Å². The lowest BCUT2D eigenvalue weighted by Crippen LogP contribution is -2.04. The predicted molar refractivity (Wildman–Crippen MR) is 104 cm³/mol. The van der Waals surface area contributed by atoms with Crippen molar-refractivity contribution < 1.29 is 32.5 Å². The second-order valence-corrected chi connectivity index (χ2v) is 6.36. The number of carboxylic acid groups (broad SMARTS) is 1. The van der Waals surface area contributed by atoms with Gasteiger partial charge in [0, 0.05) is 24.3 Å². The van der Waals surface area contributed by atoms with Crippen molar-refractivity contribution in [1.82, 2.24) is 0 Å². The summed E-state index contributed by atoms with van der Waals surface area (Å²) in [6.45, 7) is 5.67. The highest BCUT2D eigenvalue weighted by Gasteiger charge is 2.18. The Balaban J connectivity index is 0.000000749. The van der Waals surface area contributed by atoms with Crippen LogP contribution in [0.2, 0.25) is 0 Å². The number of rotatable bonds is 7. The van der Waals surface area contributed by atoms with Gasteiger partial charge in [-0.05, 0) is 54.0 Å². The summed E-state index contributed by atoms with van der Waals surface area (Å²) < 4.78 is 50.4. The quantitative estimate of drug-likeness (QED) is 0.544. The molecule has 2 rings (SSSR count). The summed E-state index contributed by atoms with van der Waals surface area (Å²) >= 11 is 3.06. The molecule has 156 valence electrons. The SMILES string of the molecule is CCOCC.N#Cc1cc(Oc2c(Br)ccc(CC(=O)O)c2F)cc(C(F)F)c1. The maximum Gasteiger partial charge on any atom is 0.307 e. The zero-order valence-corrected chi connectivity index (χ0v) is 17.3. The van der Waals surface area contributed by atoms with Gasteiger partial charge >= 0.3 is 5.97 Å². The number of alkyl halides is 2. The molecule has 29 heavy (non-hydrogen) atoms. The van der Waals surface area contributed by atoms with Crippen LogP contribution in [0.15, 0.2) is 34.8 Å². The molecule has 0 fully saturated rings. The molecular formula is C20H19BrF3NO4. The molecule has 0 heterocycles. The van der Waals surface area contributed by atoms with Gasteiger partial charge in [0.05, 0.1) is 22.5 Å². The standard InChI is InChI=1S/C16H9BrF3NO3.C4H10O/c17-12-2-1-9(6-13(22)23)14(18)15(12)24-11-4-8(7-21)3-10(5-11)16(19)20;1-3-5-4-2/h1-5,16H,6H2,(H,22,23);3-4H2,1-2H3. The first-order valence-electron chi connectivity index (χ1n) is 8.50. The van der Waals surface area contributed by atoms with E-state index in [0.717, 1.165) is 25.3 Å². The van der Waals surface area contributed by atoms with Crippen LogP contribution in [0, 0.1) is 17.1 Å². The first kappa shape index (κ1) is 24.5. The number of hydrogen-bond acceptors (Lipinski definition) is 4. The number of carbonyl (C=O) groups is 1. The van der Waals surface area contributed by atoms with Crippen molar-refractivity contribution in [3.05, 3.63) is 57.3 Å². The topological polar surface area (TPSA) is 79.5 Å². The van der Waals surface area contributed by atoms with Gasteiger partial charge < -0.3 is 14.6 Å². The normalized spacial score (nSPS) is 10.1. The van der Waals surface area contributed by atoms with Gasteiger partial charge in [0.15, 0.2) is 11.6 Å². The van der Waals surface area contributed by atoms with Crippen LogP contribution < -0.4 is 4.74 Å². The molecule has 0 radical (unpaired) electrons. The number of carboxylic acids is 1. The van der Waals surface area contributed by atoms with E-state index in [1.165, 1.54) is 18.2 Å². The van der Waals surface area contributed by atoms with Gasteiger partial charge in [-0.3, -0.25) is 4.79 Å². The molecule has 1 N–H and O–H groups in total. The van der Waals surface area contributed by atoms with E-state index < -0.39 is 30.2 Å². The number of nitriles is 1. The Morgan fingerprint density at radius 3 is 2.38 bits per heavy atom. The molecule has 0 amide bonds. The predicted octanol–water partition coefficient (Wildman–Crippen LogP) is 5.86. The summed E-state index contributed by atoms with van der Waals surface area (Å²) in [5.41, 5.74) is -0.630. The minimum atomic E-state index is -2.83. The molecule has 2 aromatic rings. The summed E-state index contributed by atoms with van der Waals surface area (Å²) in [7, 11) is 0. The highest BCUT2D eigenvalue weighted by molar-refractivity contribution is 9.10. The Hall–Kier alpha value is -2.57. The lowest BCUT2D eigenvalue weighted by Gasteiger charge is -2.12. The molecule has 0 spiro atoms. The smallest absolute Gasteiger partial charge is 0.307 e. The molecule has 0 saturated carbocycles. The molecule has 0 aliphatic heterocycles. The van der Waals surface area contributed by atoms with Crippen molar-refractivity contribution in [2.24, 2.45) is 0 Å². The van der Waals surface area contributed by atoms with Crippen LogP contribution in [0.5, 0.6) is 11.5 Å². The second kappa shape index (κ2) is 12.1. The van der Waals surface area contributed by atoms with Crippen LogP contribution in [0.25, 0.3) is 0 Å². The first-order chi connectivity index (χ1) is 13.7. The van der Waals surface area contributed by atoms with Crippen LogP contribution >= 0.6 is 15.9 Å². The zero-order valence-electron chi connectivity index (χ0n) is 15.7. The Morgan fingerprint density at radius 1 is 1.24 bits per heavy atom. The lowest BCUT2D eigenvalue weighted by atomic mass is 10.1. The minimum absolute atomic E-state index is 0.0685. The van der Waals surface area contributed by atoms with E-state index in [4.69, 9.17) is 19.8 Å². The lowest BCUT2D eigenvalue weighted by molar-refractivity contribution is -0.136. The molecule has 0 bridgehead atoms. The average Bonchev–Trinajstić information content (AvgIpc) is 2.68. The van der Waals surface area contributed by atoms with Crippen molar-refractivity contribution >= 4 is 21.9 Å². The molecule has 0 unspecified atom stereocenters. The van der Waals surface area contributed by atoms with Gasteiger partial charge in [-0.1, -0.05) is 6.07 Å². The van der Waals surface area contributed by atoms with Crippen molar-refractivity contribution in [2.75, 3.05) is 13.2 Å². The van der Waals surface area contributed by atoms with E-state index >= 15 is 0 Å². The number of benzene rings is 2. The van der Waals surface area contributed by atoms with Gasteiger partial charge in [-0.2, -0.15) is 5.26 Å².